The molecule has 0 saturated heterocycles. The van der Waals surface area contributed by atoms with Crippen LogP contribution in [0.2, 0.25) is 0 Å². The number of aromatic nitrogens is 2. The topological polar surface area (TPSA) is 29.0 Å². The summed E-state index contributed by atoms with van der Waals surface area (Å²) in [6, 6.07) is 0.283. The van der Waals surface area contributed by atoms with Crippen LogP contribution in [0.3, 0.4) is 0 Å². The predicted molar refractivity (Wildman–Crippen MR) is 53.6 cm³/mol. The van der Waals surface area contributed by atoms with Crippen LogP contribution < -0.4 is 4.90 Å². The van der Waals surface area contributed by atoms with Gasteiger partial charge in [0.05, 0.1) is 12.4 Å². The van der Waals surface area contributed by atoms with Crippen molar-refractivity contribution in [2.24, 2.45) is 0 Å². The smallest absolute Gasteiger partial charge is 0.225 e. The molecule has 0 fully saturated rings. The molecule has 72 valence electrons. The van der Waals surface area contributed by atoms with E-state index in [0.717, 1.165) is 5.33 Å². The molecule has 0 bridgehead atoms. The number of hydrogen-bond donors (Lipinski definition) is 0. The number of anilines is 1. The summed E-state index contributed by atoms with van der Waals surface area (Å²) in [5.74, 6) is 0.122. The molecule has 0 amide bonds. The third-order valence-corrected chi connectivity index (χ3v) is 2.74. The van der Waals surface area contributed by atoms with Crippen LogP contribution in [0.25, 0.3) is 0 Å². The minimum atomic E-state index is -0.413. The Kier molecular flexibility index (Phi) is 3.59. The lowest BCUT2D eigenvalue weighted by Crippen LogP contribution is -2.31. The number of nitrogens with zero attached hydrogens (tertiary/aromatic N) is 3. The molecular formula is C8H11BrFN3. The first-order valence-electron chi connectivity index (χ1n) is 3.91. The minimum absolute atomic E-state index is 0.283. The maximum atomic E-state index is 12.5. The molecule has 0 spiro atoms. The molecule has 1 unspecified atom stereocenters. The maximum Gasteiger partial charge on any atom is 0.225 e. The van der Waals surface area contributed by atoms with Crippen molar-refractivity contribution < 1.29 is 4.39 Å². The molecule has 1 rings (SSSR count). The molecule has 1 aromatic heterocycles. The Morgan fingerprint density at radius 3 is 2.54 bits per heavy atom. The van der Waals surface area contributed by atoms with Gasteiger partial charge in [-0.25, -0.2) is 14.4 Å². The van der Waals surface area contributed by atoms with Crippen molar-refractivity contribution in [3.63, 3.8) is 0 Å². The van der Waals surface area contributed by atoms with Crippen molar-refractivity contribution in [2.75, 3.05) is 17.3 Å². The van der Waals surface area contributed by atoms with Crippen molar-refractivity contribution >= 4 is 21.9 Å². The Hall–Kier alpha value is -0.710. The lowest BCUT2D eigenvalue weighted by Gasteiger charge is -2.22. The van der Waals surface area contributed by atoms with Gasteiger partial charge in [-0.3, -0.25) is 0 Å². The van der Waals surface area contributed by atoms with Crippen LogP contribution in [0.4, 0.5) is 10.3 Å². The molecule has 0 N–H and O–H groups in total. The van der Waals surface area contributed by atoms with Gasteiger partial charge in [0.25, 0.3) is 0 Å². The van der Waals surface area contributed by atoms with Crippen LogP contribution in [-0.4, -0.2) is 28.4 Å². The SMILES string of the molecule is CC(CBr)N(C)c1ncc(F)cn1. The Labute approximate surface area is 85.1 Å². The van der Waals surface area contributed by atoms with Crippen LogP contribution in [0, 0.1) is 5.82 Å². The van der Waals surface area contributed by atoms with Gasteiger partial charge in [-0.15, -0.1) is 0 Å². The van der Waals surface area contributed by atoms with Crippen molar-refractivity contribution in [3.8, 4) is 0 Å². The third-order valence-electron chi connectivity index (χ3n) is 1.81. The summed E-state index contributed by atoms with van der Waals surface area (Å²) in [6.07, 6.45) is 2.33. The Morgan fingerprint density at radius 2 is 2.08 bits per heavy atom. The monoisotopic (exact) mass is 247 g/mol. The highest BCUT2D eigenvalue weighted by Gasteiger charge is 2.10. The highest BCUT2D eigenvalue weighted by Crippen LogP contribution is 2.09. The zero-order valence-electron chi connectivity index (χ0n) is 7.54. The first-order valence-corrected chi connectivity index (χ1v) is 5.03. The van der Waals surface area contributed by atoms with Gasteiger partial charge in [-0.2, -0.15) is 0 Å². The van der Waals surface area contributed by atoms with Gasteiger partial charge < -0.3 is 4.90 Å². The highest BCUT2D eigenvalue weighted by atomic mass is 79.9. The van der Waals surface area contributed by atoms with Gasteiger partial charge in [0.1, 0.15) is 0 Å². The highest BCUT2D eigenvalue weighted by molar-refractivity contribution is 9.09. The summed E-state index contributed by atoms with van der Waals surface area (Å²) in [5, 5.41) is 0.824. The van der Waals surface area contributed by atoms with Gasteiger partial charge >= 0.3 is 0 Å². The fraction of sp³-hybridized carbons (Fsp3) is 0.500. The van der Waals surface area contributed by atoms with E-state index in [1.165, 1.54) is 12.4 Å². The van der Waals surface area contributed by atoms with Gasteiger partial charge in [0, 0.05) is 18.4 Å². The standard InChI is InChI=1S/C8H11BrFN3/c1-6(3-9)13(2)8-11-4-7(10)5-12-8/h4-6H,3H2,1-2H3. The summed E-state index contributed by atoms with van der Waals surface area (Å²) in [6.45, 7) is 2.03. The normalized spacial score (nSPS) is 12.6. The lowest BCUT2D eigenvalue weighted by atomic mass is 10.4. The van der Waals surface area contributed by atoms with E-state index >= 15 is 0 Å². The quantitative estimate of drug-likeness (QED) is 0.764. The fourth-order valence-corrected chi connectivity index (χ4v) is 1.22. The van der Waals surface area contributed by atoms with E-state index in [0.29, 0.717) is 5.95 Å². The molecule has 1 aromatic rings. The first kappa shape index (κ1) is 10.4. The zero-order chi connectivity index (χ0) is 9.84. The third kappa shape index (κ3) is 2.62. The summed E-state index contributed by atoms with van der Waals surface area (Å²) >= 11 is 3.36. The van der Waals surface area contributed by atoms with Crippen LogP contribution in [-0.2, 0) is 0 Å². The van der Waals surface area contributed by atoms with Crippen molar-refractivity contribution in [1.29, 1.82) is 0 Å². The molecule has 0 aliphatic carbocycles. The molecular weight excluding hydrogens is 237 g/mol. The van der Waals surface area contributed by atoms with Crippen LogP contribution in [0.5, 0.6) is 0 Å². The summed E-state index contributed by atoms with van der Waals surface area (Å²) < 4.78 is 12.5. The van der Waals surface area contributed by atoms with Gasteiger partial charge in [0.2, 0.25) is 5.95 Å². The summed E-state index contributed by atoms with van der Waals surface area (Å²) in [7, 11) is 1.87. The fourth-order valence-electron chi connectivity index (χ4n) is 0.788. The average Bonchev–Trinajstić information content (AvgIpc) is 2.17. The molecule has 3 nitrogen and oxygen atoms in total. The number of halogens is 2. The van der Waals surface area contributed by atoms with E-state index in [1.807, 2.05) is 18.9 Å². The first-order chi connectivity index (χ1) is 6.15. The van der Waals surface area contributed by atoms with Crippen molar-refractivity contribution in [2.45, 2.75) is 13.0 Å². The Balaban J connectivity index is 2.77. The molecule has 13 heavy (non-hydrogen) atoms. The average molecular weight is 248 g/mol. The number of alkyl halides is 1. The van der Waals surface area contributed by atoms with Crippen LogP contribution in [0.15, 0.2) is 12.4 Å². The van der Waals surface area contributed by atoms with Gasteiger partial charge in [-0.05, 0) is 6.92 Å². The molecule has 0 aromatic carbocycles. The molecule has 0 aliphatic heterocycles. The zero-order valence-corrected chi connectivity index (χ0v) is 9.12. The lowest BCUT2D eigenvalue weighted by molar-refractivity contribution is 0.610. The van der Waals surface area contributed by atoms with Crippen LogP contribution >= 0.6 is 15.9 Å². The predicted octanol–water partition coefficient (Wildman–Crippen LogP) is 1.84. The molecule has 0 radical (unpaired) electrons. The van der Waals surface area contributed by atoms with E-state index in [4.69, 9.17) is 0 Å². The Bertz CT molecular complexity index is 265. The largest absolute Gasteiger partial charge is 0.340 e. The van der Waals surface area contributed by atoms with Crippen LogP contribution in [0.1, 0.15) is 6.92 Å². The van der Waals surface area contributed by atoms with Crippen molar-refractivity contribution in [1.82, 2.24) is 9.97 Å². The molecule has 1 heterocycles. The molecule has 0 aliphatic rings. The minimum Gasteiger partial charge on any atom is -0.340 e. The molecule has 0 saturated carbocycles. The van der Waals surface area contributed by atoms with E-state index in [-0.39, 0.29) is 6.04 Å². The second-order valence-corrected chi connectivity index (χ2v) is 3.46. The maximum absolute atomic E-state index is 12.5. The van der Waals surface area contributed by atoms with Crippen molar-refractivity contribution in [3.05, 3.63) is 18.2 Å². The second kappa shape index (κ2) is 4.50. The number of rotatable bonds is 3. The summed E-state index contributed by atoms with van der Waals surface area (Å²) in [4.78, 5) is 9.62. The summed E-state index contributed by atoms with van der Waals surface area (Å²) in [5.41, 5.74) is 0. The van der Waals surface area contributed by atoms with E-state index in [1.54, 1.807) is 0 Å². The Morgan fingerprint density at radius 1 is 1.54 bits per heavy atom. The molecule has 5 heteroatoms. The van der Waals surface area contributed by atoms with E-state index in [9.17, 15) is 4.39 Å². The van der Waals surface area contributed by atoms with E-state index in [2.05, 4.69) is 25.9 Å². The van der Waals surface area contributed by atoms with E-state index < -0.39 is 5.82 Å². The number of hydrogen-bond acceptors (Lipinski definition) is 3. The molecule has 1 atom stereocenters. The second-order valence-electron chi connectivity index (χ2n) is 2.82. The van der Waals surface area contributed by atoms with Gasteiger partial charge in [-0.1, -0.05) is 15.9 Å². The van der Waals surface area contributed by atoms with Gasteiger partial charge in [0.15, 0.2) is 5.82 Å².